The number of rotatable bonds is 4. The Kier molecular flexibility index (Phi) is 7.06. The molecule has 1 aliphatic rings. The van der Waals surface area contributed by atoms with Gasteiger partial charge in [0.15, 0.2) is 0 Å². The average Bonchev–Trinajstić information content (AvgIpc) is 2.59. The van der Waals surface area contributed by atoms with Crippen molar-refractivity contribution < 1.29 is 4.79 Å². The fraction of sp³-hybridized carbons (Fsp3) is 0.250. The van der Waals surface area contributed by atoms with Crippen LogP contribution in [0.25, 0.3) is 5.57 Å². The van der Waals surface area contributed by atoms with E-state index >= 15 is 0 Å². The van der Waals surface area contributed by atoms with Gasteiger partial charge in [0.2, 0.25) is 5.91 Å². The number of amides is 1. The van der Waals surface area contributed by atoms with Gasteiger partial charge in [-0.25, -0.2) is 0 Å². The third-order valence-electron chi connectivity index (χ3n) is 4.39. The third-order valence-corrected chi connectivity index (χ3v) is 4.64. The highest BCUT2D eigenvalue weighted by molar-refractivity contribution is 6.30. The van der Waals surface area contributed by atoms with Gasteiger partial charge in [-0.3, -0.25) is 9.69 Å². The summed E-state index contributed by atoms with van der Waals surface area (Å²) in [6.07, 6.45) is 1.89. The summed E-state index contributed by atoms with van der Waals surface area (Å²) in [4.78, 5) is 13.2. The van der Waals surface area contributed by atoms with Crippen LogP contribution >= 0.6 is 24.0 Å². The Hall–Kier alpha value is -1.81. The van der Waals surface area contributed by atoms with Crippen LogP contribution in [0.1, 0.15) is 24.0 Å². The summed E-state index contributed by atoms with van der Waals surface area (Å²) < 4.78 is 0. The van der Waals surface area contributed by atoms with E-state index in [-0.39, 0.29) is 18.3 Å². The molecule has 0 bridgehead atoms. The van der Waals surface area contributed by atoms with Gasteiger partial charge in [-0.05, 0) is 41.7 Å². The number of hydrogen-bond acceptors (Lipinski definition) is 2. The molecule has 1 heterocycles. The summed E-state index contributed by atoms with van der Waals surface area (Å²) in [6, 6.07) is 18.5. The van der Waals surface area contributed by atoms with Crippen LogP contribution in [0.4, 0.5) is 0 Å². The van der Waals surface area contributed by atoms with E-state index in [1.165, 1.54) is 22.3 Å². The molecule has 0 aromatic heterocycles. The topological polar surface area (TPSA) is 46.3 Å². The van der Waals surface area contributed by atoms with Crippen LogP contribution in [-0.2, 0) is 4.79 Å². The zero-order valence-electron chi connectivity index (χ0n) is 14.0. The predicted molar refractivity (Wildman–Crippen MR) is 106 cm³/mol. The van der Waals surface area contributed by atoms with Crippen LogP contribution in [0.3, 0.4) is 0 Å². The van der Waals surface area contributed by atoms with Gasteiger partial charge in [-0.15, -0.1) is 12.4 Å². The number of hydrogen-bond donors (Lipinski definition) is 1. The Balaban J connectivity index is 0.00000225. The lowest BCUT2D eigenvalue weighted by atomic mass is 9.88. The van der Waals surface area contributed by atoms with Crippen LogP contribution in [0.2, 0.25) is 5.02 Å². The molecule has 25 heavy (non-hydrogen) atoms. The van der Waals surface area contributed by atoms with Crippen molar-refractivity contribution in [1.82, 2.24) is 4.90 Å². The first-order valence-corrected chi connectivity index (χ1v) is 8.55. The fourth-order valence-electron chi connectivity index (χ4n) is 3.25. The van der Waals surface area contributed by atoms with Crippen molar-refractivity contribution in [3.05, 3.63) is 76.3 Å². The van der Waals surface area contributed by atoms with E-state index in [0.717, 1.165) is 31.0 Å². The number of carbonyl (C=O) groups excluding carboxylic acids is 1. The molecule has 0 aliphatic carbocycles. The molecule has 5 heteroatoms. The van der Waals surface area contributed by atoms with E-state index in [1.807, 2.05) is 18.2 Å². The lowest BCUT2D eigenvalue weighted by Gasteiger charge is -2.29. The van der Waals surface area contributed by atoms with Crippen molar-refractivity contribution in [2.75, 3.05) is 19.6 Å². The Bertz CT molecular complexity index is 732. The number of primary amides is 1. The molecule has 0 atom stereocenters. The quantitative estimate of drug-likeness (QED) is 0.870. The van der Waals surface area contributed by atoms with Gasteiger partial charge in [-0.2, -0.15) is 0 Å². The maximum atomic E-state index is 11.1. The monoisotopic (exact) mass is 376 g/mol. The molecule has 0 radical (unpaired) electrons. The summed E-state index contributed by atoms with van der Waals surface area (Å²) in [6.45, 7) is 2.07. The molecular weight excluding hydrogens is 355 g/mol. The van der Waals surface area contributed by atoms with Crippen molar-refractivity contribution >= 4 is 35.5 Å². The predicted octanol–water partition coefficient (Wildman–Crippen LogP) is 4.14. The molecular formula is C20H22Cl2N2O. The zero-order chi connectivity index (χ0) is 16.9. The van der Waals surface area contributed by atoms with Crippen molar-refractivity contribution in [3.63, 3.8) is 0 Å². The second-order valence-corrected chi connectivity index (χ2v) is 6.53. The molecule has 1 saturated heterocycles. The summed E-state index contributed by atoms with van der Waals surface area (Å²) in [5, 5.41) is 0.743. The Morgan fingerprint density at radius 2 is 1.52 bits per heavy atom. The number of likely N-dealkylation sites (tertiary alicyclic amines) is 1. The van der Waals surface area contributed by atoms with Crippen molar-refractivity contribution in [2.45, 2.75) is 12.8 Å². The van der Waals surface area contributed by atoms with Gasteiger partial charge in [0.05, 0.1) is 6.54 Å². The number of carbonyl (C=O) groups is 1. The van der Waals surface area contributed by atoms with Crippen LogP contribution in [0.5, 0.6) is 0 Å². The first-order chi connectivity index (χ1) is 11.6. The number of nitrogens with zero attached hydrogens (tertiary/aromatic N) is 1. The van der Waals surface area contributed by atoms with Gasteiger partial charge >= 0.3 is 0 Å². The molecule has 1 aliphatic heterocycles. The highest BCUT2D eigenvalue weighted by atomic mass is 35.5. The highest BCUT2D eigenvalue weighted by Gasteiger charge is 2.19. The molecule has 0 spiro atoms. The van der Waals surface area contributed by atoms with Gasteiger partial charge < -0.3 is 5.73 Å². The van der Waals surface area contributed by atoms with Crippen LogP contribution in [0, 0.1) is 0 Å². The average molecular weight is 377 g/mol. The van der Waals surface area contributed by atoms with E-state index in [2.05, 4.69) is 41.3 Å². The Morgan fingerprint density at radius 3 is 2.08 bits per heavy atom. The molecule has 132 valence electrons. The molecule has 0 saturated carbocycles. The van der Waals surface area contributed by atoms with E-state index in [9.17, 15) is 4.79 Å². The van der Waals surface area contributed by atoms with Crippen molar-refractivity contribution in [2.24, 2.45) is 5.73 Å². The SMILES string of the molecule is Cl.NC(=O)CN1CCC(=C(c2ccccc2)c2ccc(Cl)cc2)CC1. The minimum Gasteiger partial charge on any atom is -0.369 e. The summed E-state index contributed by atoms with van der Waals surface area (Å²) in [5.41, 5.74) is 10.4. The maximum Gasteiger partial charge on any atom is 0.231 e. The normalized spacial score (nSPS) is 14.7. The van der Waals surface area contributed by atoms with Gasteiger partial charge in [0.25, 0.3) is 0 Å². The zero-order valence-corrected chi connectivity index (χ0v) is 15.5. The lowest BCUT2D eigenvalue weighted by Crippen LogP contribution is -2.38. The van der Waals surface area contributed by atoms with E-state index < -0.39 is 0 Å². The van der Waals surface area contributed by atoms with Crippen molar-refractivity contribution in [1.29, 1.82) is 0 Å². The molecule has 1 amide bonds. The first kappa shape index (κ1) is 19.5. The maximum absolute atomic E-state index is 11.1. The van der Waals surface area contributed by atoms with Crippen LogP contribution < -0.4 is 5.73 Å². The van der Waals surface area contributed by atoms with E-state index in [4.69, 9.17) is 17.3 Å². The molecule has 0 unspecified atom stereocenters. The number of halogens is 2. The lowest BCUT2D eigenvalue weighted by molar-refractivity contribution is -0.119. The van der Waals surface area contributed by atoms with E-state index in [1.54, 1.807) is 0 Å². The van der Waals surface area contributed by atoms with Crippen LogP contribution in [0.15, 0.2) is 60.2 Å². The molecule has 2 N–H and O–H groups in total. The molecule has 3 nitrogen and oxygen atoms in total. The second-order valence-electron chi connectivity index (χ2n) is 6.09. The van der Waals surface area contributed by atoms with E-state index in [0.29, 0.717) is 6.54 Å². The van der Waals surface area contributed by atoms with Gasteiger partial charge in [-0.1, -0.05) is 59.6 Å². The summed E-state index contributed by atoms with van der Waals surface area (Å²) in [5.74, 6) is -0.261. The summed E-state index contributed by atoms with van der Waals surface area (Å²) >= 11 is 6.05. The Morgan fingerprint density at radius 1 is 0.960 bits per heavy atom. The summed E-state index contributed by atoms with van der Waals surface area (Å²) in [7, 11) is 0. The number of benzene rings is 2. The standard InChI is InChI=1S/C20H21ClN2O.ClH/c21-18-8-6-16(7-9-18)20(15-4-2-1-3-5-15)17-10-12-23(13-11-17)14-19(22)24;/h1-9H,10-14H2,(H2,22,24);1H. The molecule has 3 rings (SSSR count). The second kappa shape index (κ2) is 9.04. The van der Waals surface area contributed by atoms with Gasteiger partial charge in [0, 0.05) is 18.1 Å². The third kappa shape index (κ3) is 5.08. The fourth-order valence-corrected chi connectivity index (χ4v) is 3.37. The minimum absolute atomic E-state index is 0. The van der Waals surface area contributed by atoms with Gasteiger partial charge in [0.1, 0.15) is 0 Å². The van der Waals surface area contributed by atoms with Crippen molar-refractivity contribution in [3.8, 4) is 0 Å². The molecule has 2 aromatic carbocycles. The number of piperidine rings is 1. The Labute approximate surface area is 159 Å². The first-order valence-electron chi connectivity index (χ1n) is 8.17. The molecule has 2 aromatic rings. The minimum atomic E-state index is -0.261. The smallest absolute Gasteiger partial charge is 0.231 e. The van der Waals surface area contributed by atoms with Crippen LogP contribution in [-0.4, -0.2) is 30.4 Å². The largest absolute Gasteiger partial charge is 0.369 e. The highest BCUT2D eigenvalue weighted by Crippen LogP contribution is 2.32. The molecule has 1 fully saturated rings. The number of nitrogens with two attached hydrogens (primary N) is 1.